The lowest BCUT2D eigenvalue weighted by Crippen LogP contribution is -2.72. The van der Waals surface area contributed by atoms with Gasteiger partial charge in [0.25, 0.3) is 11.5 Å². The quantitative estimate of drug-likeness (QED) is 0.726. The molecule has 0 aromatic carbocycles. The van der Waals surface area contributed by atoms with Gasteiger partial charge in [-0.15, -0.1) is 0 Å². The van der Waals surface area contributed by atoms with Gasteiger partial charge in [-0.1, -0.05) is 0 Å². The van der Waals surface area contributed by atoms with Crippen molar-refractivity contribution in [2.75, 3.05) is 23.1 Å². The molecule has 0 unspecified atom stereocenters. The van der Waals surface area contributed by atoms with Crippen LogP contribution in [0.15, 0.2) is 23.3 Å². The molecule has 0 atom stereocenters. The van der Waals surface area contributed by atoms with Crippen LogP contribution in [0, 0.1) is 6.92 Å². The number of amides is 1. The van der Waals surface area contributed by atoms with Gasteiger partial charge >= 0.3 is 0 Å². The number of hydrogen-bond acceptors (Lipinski definition) is 7. The van der Waals surface area contributed by atoms with E-state index in [0.717, 1.165) is 19.3 Å². The number of carbonyl (C=O) groups excluding carboxylic acids is 1. The van der Waals surface area contributed by atoms with Crippen molar-refractivity contribution >= 4 is 23.2 Å². The fourth-order valence-corrected chi connectivity index (χ4v) is 3.46. The Morgan fingerprint density at radius 3 is 2.68 bits per heavy atom. The van der Waals surface area contributed by atoms with Crippen LogP contribution in [-0.2, 0) is 0 Å². The van der Waals surface area contributed by atoms with Crippen LogP contribution in [0.25, 0.3) is 0 Å². The van der Waals surface area contributed by atoms with E-state index in [9.17, 15) is 9.59 Å². The Balaban J connectivity index is 1.83. The van der Waals surface area contributed by atoms with E-state index in [-0.39, 0.29) is 11.5 Å². The minimum Gasteiger partial charge on any atom is -0.384 e. The number of nitrogens with zero attached hydrogens (tertiary/aromatic N) is 4. The first-order valence-corrected chi connectivity index (χ1v) is 8.09. The highest BCUT2D eigenvalue weighted by Gasteiger charge is 2.47. The monoisotopic (exact) mass is 341 g/mol. The zero-order chi connectivity index (χ0) is 17.8. The van der Waals surface area contributed by atoms with Crippen molar-refractivity contribution in [2.24, 2.45) is 0 Å². The molecule has 0 radical (unpaired) electrons. The Hall–Kier alpha value is -3.10. The summed E-state index contributed by atoms with van der Waals surface area (Å²) in [5.74, 6) is 0.508. The molecular formula is C16H19N7O2. The van der Waals surface area contributed by atoms with Gasteiger partial charge in [-0.2, -0.15) is 0 Å². The van der Waals surface area contributed by atoms with Crippen LogP contribution in [0.4, 0.5) is 17.3 Å². The number of rotatable bonds is 2. The lowest BCUT2D eigenvalue weighted by molar-refractivity contribution is 0.0698. The van der Waals surface area contributed by atoms with Crippen LogP contribution >= 0.6 is 0 Å². The van der Waals surface area contributed by atoms with Crippen molar-refractivity contribution in [1.29, 1.82) is 0 Å². The van der Waals surface area contributed by atoms with Crippen LogP contribution < -0.4 is 26.9 Å². The average Bonchev–Trinajstić information content (AvgIpc) is 2.52. The maximum Gasteiger partial charge on any atom is 0.293 e. The van der Waals surface area contributed by atoms with E-state index in [0.29, 0.717) is 28.6 Å². The highest BCUT2D eigenvalue weighted by Crippen LogP contribution is 2.36. The molecule has 0 bridgehead atoms. The molecule has 4 rings (SSSR count). The summed E-state index contributed by atoms with van der Waals surface area (Å²) in [6, 6.07) is 3.20. The Morgan fingerprint density at radius 2 is 2.04 bits per heavy atom. The predicted octanol–water partition coefficient (Wildman–Crippen LogP) is 0.464. The number of hydrogen-bond donors (Lipinski definition) is 3. The molecule has 1 fully saturated rings. The molecular weight excluding hydrogens is 322 g/mol. The molecule has 0 saturated heterocycles. The van der Waals surface area contributed by atoms with Crippen LogP contribution in [0.2, 0.25) is 0 Å². The normalized spacial score (nSPS) is 17.7. The molecule has 2 aliphatic rings. The maximum atomic E-state index is 13.0. The number of nitrogens with two attached hydrogens (primary N) is 1. The molecule has 1 saturated carbocycles. The minimum atomic E-state index is -0.474. The zero-order valence-corrected chi connectivity index (χ0v) is 14.0. The number of fused-ring (bicyclic) bond motifs is 1. The number of aryl methyl sites for hydroxylation is 1. The second kappa shape index (κ2) is 5.20. The maximum absolute atomic E-state index is 13.0. The van der Waals surface area contributed by atoms with Gasteiger partial charge in [0.05, 0.1) is 0 Å². The number of aromatic nitrogens is 3. The van der Waals surface area contributed by atoms with E-state index in [1.165, 1.54) is 11.0 Å². The molecule has 1 amide bonds. The standard InChI is InChI=1S/C16H19N7O2/c1-9-6-10(20-12-7-11(17)18-8-19-12)15(25)23-13(9)14(24)21-16(22(23)2)4-3-5-16/h6-8H,3-5H2,1-2H3,(H,21,24)(H3,17,18,19,20). The molecule has 4 N–H and O–H groups in total. The van der Waals surface area contributed by atoms with Crippen molar-refractivity contribution in [1.82, 2.24) is 20.0 Å². The summed E-state index contributed by atoms with van der Waals surface area (Å²) in [7, 11) is 1.83. The molecule has 2 aromatic rings. The van der Waals surface area contributed by atoms with Gasteiger partial charge in [0, 0.05) is 13.1 Å². The van der Waals surface area contributed by atoms with Crippen LogP contribution in [0.5, 0.6) is 0 Å². The van der Waals surface area contributed by atoms with Gasteiger partial charge in [0.1, 0.15) is 35.0 Å². The van der Waals surface area contributed by atoms with Gasteiger partial charge in [-0.25, -0.2) is 14.6 Å². The molecule has 9 nitrogen and oxygen atoms in total. The number of nitrogens with one attached hydrogen (secondary N) is 2. The number of anilines is 3. The zero-order valence-electron chi connectivity index (χ0n) is 14.0. The fourth-order valence-electron chi connectivity index (χ4n) is 3.46. The van der Waals surface area contributed by atoms with E-state index in [1.807, 2.05) is 12.1 Å². The van der Waals surface area contributed by atoms with Crippen LogP contribution in [-0.4, -0.2) is 33.3 Å². The lowest BCUT2D eigenvalue weighted by Gasteiger charge is -2.53. The summed E-state index contributed by atoms with van der Waals surface area (Å²) in [5, 5.41) is 7.86. The Kier molecular flexibility index (Phi) is 3.21. The van der Waals surface area contributed by atoms with Crippen LogP contribution in [0.3, 0.4) is 0 Å². The minimum absolute atomic E-state index is 0.217. The van der Waals surface area contributed by atoms with Gasteiger partial charge in [0.2, 0.25) is 0 Å². The van der Waals surface area contributed by atoms with Gasteiger partial charge in [0.15, 0.2) is 0 Å². The van der Waals surface area contributed by atoms with Gasteiger partial charge < -0.3 is 16.4 Å². The van der Waals surface area contributed by atoms with Crippen molar-refractivity contribution in [3.8, 4) is 0 Å². The second-order valence-electron chi connectivity index (χ2n) is 6.52. The molecule has 1 aliphatic heterocycles. The molecule has 1 aliphatic carbocycles. The van der Waals surface area contributed by atoms with Crippen molar-refractivity contribution in [2.45, 2.75) is 31.8 Å². The van der Waals surface area contributed by atoms with Gasteiger partial charge in [-0.05, 0) is 37.8 Å². The fraction of sp³-hybridized carbons (Fsp3) is 0.375. The van der Waals surface area contributed by atoms with E-state index >= 15 is 0 Å². The van der Waals surface area contributed by atoms with Gasteiger partial charge in [-0.3, -0.25) is 14.6 Å². The SMILES string of the molecule is Cc1cc(Nc2cc(N)ncn2)c(=O)n2c1C(=O)NC1(CCC1)N2C. The molecule has 3 heterocycles. The predicted molar refractivity (Wildman–Crippen MR) is 93.4 cm³/mol. The van der Waals surface area contributed by atoms with E-state index in [1.54, 1.807) is 19.1 Å². The van der Waals surface area contributed by atoms with Crippen molar-refractivity contribution in [3.63, 3.8) is 0 Å². The number of carbonyl (C=O) groups is 1. The average molecular weight is 341 g/mol. The van der Waals surface area contributed by atoms with Crippen molar-refractivity contribution in [3.05, 3.63) is 40.1 Å². The summed E-state index contributed by atoms with van der Waals surface area (Å²) in [4.78, 5) is 33.5. The molecule has 130 valence electrons. The first kappa shape index (κ1) is 15.4. The first-order chi connectivity index (χ1) is 11.9. The molecule has 1 spiro atoms. The summed E-state index contributed by atoms with van der Waals surface area (Å²) >= 11 is 0. The Labute approximate surface area is 143 Å². The highest BCUT2D eigenvalue weighted by molar-refractivity contribution is 5.96. The number of pyridine rings is 1. The topological polar surface area (TPSA) is 118 Å². The molecule has 9 heteroatoms. The lowest BCUT2D eigenvalue weighted by atomic mass is 9.83. The third kappa shape index (κ3) is 2.23. The highest BCUT2D eigenvalue weighted by atomic mass is 16.2. The summed E-state index contributed by atoms with van der Waals surface area (Å²) < 4.78 is 1.46. The number of nitrogen functional groups attached to an aromatic ring is 1. The third-order valence-corrected chi connectivity index (χ3v) is 4.98. The largest absolute Gasteiger partial charge is 0.384 e. The molecule has 25 heavy (non-hydrogen) atoms. The van der Waals surface area contributed by atoms with Crippen molar-refractivity contribution < 1.29 is 4.79 Å². The third-order valence-electron chi connectivity index (χ3n) is 4.98. The second-order valence-corrected chi connectivity index (χ2v) is 6.52. The van der Waals surface area contributed by atoms with E-state index < -0.39 is 5.66 Å². The van der Waals surface area contributed by atoms with E-state index in [4.69, 9.17) is 5.73 Å². The summed E-state index contributed by atoms with van der Waals surface area (Å²) in [6.07, 6.45) is 3.98. The Morgan fingerprint density at radius 1 is 1.28 bits per heavy atom. The smallest absolute Gasteiger partial charge is 0.293 e. The Bertz CT molecular complexity index is 933. The van der Waals surface area contributed by atoms with Crippen LogP contribution in [0.1, 0.15) is 35.3 Å². The summed E-state index contributed by atoms with van der Waals surface area (Å²) in [5.41, 5.74) is 6.26. The molecule has 2 aromatic heterocycles. The first-order valence-electron chi connectivity index (χ1n) is 8.09. The summed E-state index contributed by atoms with van der Waals surface area (Å²) in [6.45, 7) is 1.80. The van der Waals surface area contributed by atoms with E-state index in [2.05, 4.69) is 20.6 Å².